The van der Waals surface area contributed by atoms with Crippen molar-refractivity contribution in [2.75, 3.05) is 7.11 Å². The first-order valence-electron chi connectivity index (χ1n) is 7.33. The molecule has 0 unspecified atom stereocenters. The molecule has 7 heteroatoms. The van der Waals surface area contributed by atoms with Crippen LogP contribution in [0.15, 0.2) is 22.7 Å². The van der Waals surface area contributed by atoms with Gasteiger partial charge in [-0.15, -0.1) is 0 Å². The average molecular weight is 338 g/mol. The summed E-state index contributed by atoms with van der Waals surface area (Å²) in [6.07, 6.45) is 4.43. The number of benzene rings is 1. The minimum absolute atomic E-state index is 0.141. The Bertz CT molecular complexity index is 721. The third kappa shape index (κ3) is 3.27. The molecule has 0 atom stereocenters. The second-order valence-electron chi connectivity index (χ2n) is 5.40. The molecule has 0 saturated heterocycles. The molecule has 3 rings (SSSR count). The molecule has 0 aliphatic heterocycles. The molecule has 122 valence electrons. The van der Waals surface area contributed by atoms with E-state index in [2.05, 4.69) is 5.16 Å². The van der Waals surface area contributed by atoms with Crippen LogP contribution in [0.25, 0.3) is 11.3 Å². The molecular weight excluding hydrogens is 322 g/mol. The van der Waals surface area contributed by atoms with Gasteiger partial charge < -0.3 is 19.1 Å². The van der Waals surface area contributed by atoms with Crippen LogP contribution in [0.1, 0.15) is 36.2 Å². The predicted octanol–water partition coefficient (Wildman–Crippen LogP) is 4.02. The number of aromatic carboxylic acids is 1. The van der Waals surface area contributed by atoms with E-state index in [4.69, 9.17) is 30.7 Å². The van der Waals surface area contributed by atoms with Crippen LogP contribution in [0.4, 0.5) is 0 Å². The number of nitrogens with zero attached hydrogens (tertiary/aromatic N) is 1. The number of halogens is 1. The predicted molar refractivity (Wildman–Crippen MR) is 83.3 cm³/mol. The van der Waals surface area contributed by atoms with Crippen molar-refractivity contribution in [3.8, 4) is 22.8 Å². The first-order valence-corrected chi connectivity index (χ1v) is 7.71. The number of hydrogen-bond donors (Lipinski definition) is 1. The molecule has 1 aliphatic rings. The maximum absolute atomic E-state index is 10.9. The maximum atomic E-state index is 10.9. The fraction of sp³-hybridized carbons (Fsp3) is 0.375. The van der Waals surface area contributed by atoms with E-state index in [1.165, 1.54) is 13.2 Å². The quantitative estimate of drug-likeness (QED) is 0.887. The van der Waals surface area contributed by atoms with Gasteiger partial charge in [-0.2, -0.15) is 0 Å². The van der Waals surface area contributed by atoms with Gasteiger partial charge >= 0.3 is 5.97 Å². The first-order chi connectivity index (χ1) is 11.1. The van der Waals surface area contributed by atoms with Crippen LogP contribution in [0.5, 0.6) is 11.5 Å². The zero-order chi connectivity index (χ0) is 16.4. The Balaban J connectivity index is 1.96. The average Bonchev–Trinajstić information content (AvgIpc) is 3.18. The van der Waals surface area contributed by atoms with Crippen LogP contribution in [0, 0.1) is 0 Å². The third-order valence-electron chi connectivity index (χ3n) is 3.83. The fourth-order valence-electron chi connectivity index (χ4n) is 2.70. The fourth-order valence-corrected chi connectivity index (χ4v) is 2.99. The molecule has 6 nitrogen and oxygen atoms in total. The lowest BCUT2D eigenvalue weighted by Crippen LogP contribution is -2.11. The number of hydrogen-bond acceptors (Lipinski definition) is 5. The SMILES string of the molecule is COc1c(Cl)cc(-c2cc(C(=O)O)on2)cc1OC1CCCC1. The summed E-state index contributed by atoms with van der Waals surface area (Å²) in [4.78, 5) is 10.9. The monoisotopic (exact) mass is 337 g/mol. The molecule has 1 N–H and O–H groups in total. The topological polar surface area (TPSA) is 81.8 Å². The highest BCUT2D eigenvalue weighted by Crippen LogP contribution is 2.41. The second-order valence-corrected chi connectivity index (χ2v) is 5.80. The molecule has 1 aromatic carbocycles. The molecule has 0 bridgehead atoms. The van der Waals surface area contributed by atoms with Gasteiger partial charge in [-0.3, -0.25) is 0 Å². The molecule has 2 aromatic rings. The number of rotatable bonds is 5. The van der Waals surface area contributed by atoms with Crippen molar-refractivity contribution in [2.45, 2.75) is 31.8 Å². The van der Waals surface area contributed by atoms with E-state index >= 15 is 0 Å². The highest BCUT2D eigenvalue weighted by molar-refractivity contribution is 6.32. The van der Waals surface area contributed by atoms with Crippen molar-refractivity contribution in [1.29, 1.82) is 0 Å². The number of carbonyl (C=O) groups is 1. The van der Waals surface area contributed by atoms with Crippen LogP contribution in [-0.2, 0) is 0 Å². The molecule has 0 radical (unpaired) electrons. The summed E-state index contributed by atoms with van der Waals surface area (Å²) in [5, 5.41) is 13.1. The standard InChI is InChI=1S/C16H16ClNO5/c1-21-15-11(17)6-9(12-8-14(16(19)20)23-18-12)7-13(15)22-10-4-2-3-5-10/h6-8,10H,2-5H2,1H3,(H,19,20). The van der Waals surface area contributed by atoms with Crippen molar-refractivity contribution >= 4 is 17.6 Å². The van der Waals surface area contributed by atoms with Crippen molar-refractivity contribution < 1.29 is 23.9 Å². The van der Waals surface area contributed by atoms with Gasteiger partial charge in [0.1, 0.15) is 5.69 Å². The Morgan fingerprint density at radius 1 is 1.35 bits per heavy atom. The van der Waals surface area contributed by atoms with Gasteiger partial charge in [-0.1, -0.05) is 16.8 Å². The lowest BCUT2D eigenvalue weighted by Gasteiger charge is -2.17. The van der Waals surface area contributed by atoms with Gasteiger partial charge in [0.2, 0.25) is 5.76 Å². The second kappa shape index (κ2) is 6.50. The number of aromatic nitrogens is 1. The van der Waals surface area contributed by atoms with Gasteiger partial charge in [0.05, 0.1) is 18.2 Å². The van der Waals surface area contributed by atoms with E-state index in [-0.39, 0.29) is 11.9 Å². The molecule has 1 fully saturated rings. The Kier molecular flexibility index (Phi) is 4.43. The van der Waals surface area contributed by atoms with Gasteiger partial charge in [0, 0.05) is 11.6 Å². The van der Waals surface area contributed by atoms with Crippen molar-refractivity contribution in [1.82, 2.24) is 5.16 Å². The molecule has 1 aliphatic carbocycles. The number of carboxylic acid groups (broad SMARTS) is 1. The Hall–Kier alpha value is -2.21. The van der Waals surface area contributed by atoms with E-state index in [0.717, 1.165) is 25.7 Å². The lowest BCUT2D eigenvalue weighted by molar-refractivity contribution is 0.0652. The minimum atomic E-state index is -1.18. The van der Waals surface area contributed by atoms with E-state index < -0.39 is 5.97 Å². The minimum Gasteiger partial charge on any atom is -0.491 e. The smallest absolute Gasteiger partial charge is 0.374 e. The van der Waals surface area contributed by atoms with E-state index in [1.807, 2.05) is 0 Å². The largest absolute Gasteiger partial charge is 0.491 e. The first kappa shape index (κ1) is 15.7. The van der Waals surface area contributed by atoms with E-state index in [1.54, 1.807) is 12.1 Å². The number of ether oxygens (including phenoxy) is 2. The van der Waals surface area contributed by atoms with Crippen molar-refractivity contribution in [2.24, 2.45) is 0 Å². The Morgan fingerprint density at radius 3 is 2.70 bits per heavy atom. The number of methoxy groups -OCH3 is 1. The lowest BCUT2D eigenvalue weighted by atomic mass is 10.1. The van der Waals surface area contributed by atoms with E-state index in [9.17, 15) is 4.79 Å². The summed E-state index contributed by atoms with van der Waals surface area (Å²) >= 11 is 6.26. The van der Waals surface area contributed by atoms with Crippen LogP contribution in [0.2, 0.25) is 5.02 Å². The third-order valence-corrected chi connectivity index (χ3v) is 4.11. The summed E-state index contributed by atoms with van der Waals surface area (Å²) in [7, 11) is 1.53. The Morgan fingerprint density at radius 2 is 2.09 bits per heavy atom. The molecule has 1 aromatic heterocycles. The highest BCUT2D eigenvalue weighted by Gasteiger charge is 2.21. The van der Waals surface area contributed by atoms with Crippen LogP contribution in [0.3, 0.4) is 0 Å². The summed E-state index contributed by atoms with van der Waals surface area (Å²) < 4.78 is 16.1. The van der Waals surface area contributed by atoms with E-state index in [0.29, 0.717) is 27.8 Å². The summed E-state index contributed by atoms with van der Waals surface area (Å²) in [5.74, 6) is -0.415. The molecule has 1 saturated carbocycles. The van der Waals surface area contributed by atoms with Crippen LogP contribution >= 0.6 is 11.6 Å². The zero-order valence-electron chi connectivity index (χ0n) is 12.5. The van der Waals surface area contributed by atoms with Gasteiger partial charge in [0.25, 0.3) is 0 Å². The van der Waals surface area contributed by atoms with Crippen LogP contribution < -0.4 is 9.47 Å². The van der Waals surface area contributed by atoms with Gasteiger partial charge in [-0.25, -0.2) is 4.79 Å². The molecule has 1 heterocycles. The van der Waals surface area contributed by atoms with Crippen molar-refractivity contribution in [3.63, 3.8) is 0 Å². The molecular formula is C16H16ClNO5. The Labute approximate surface area is 137 Å². The summed E-state index contributed by atoms with van der Waals surface area (Å²) in [5.41, 5.74) is 0.989. The maximum Gasteiger partial charge on any atom is 0.374 e. The molecule has 0 spiro atoms. The molecule has 23 heavy (non-hydrogen) atoms. The molecule has 0 amide bonds. The summed E-state index contributed by atoms with van der Waals surface area (Å²) in [6.45, 7) is 0. The van der Waals surface area contributed by atoms with Gasteiger partial charge in [0.15, 0.2) is 11.5 Å². The van der Waals surface area contributed by atoms with Gasteiger partial charge in [-0.05, 0) is 37.8 Å². The number of carboxylic acids is 1. The van der Waals surface area contributed by atoms with Crippen molar-refractivity contribution in [3.05, 3.63) is 29.0 Å². The zero-order valence-corrected chi connectivity index (χ0v) is 13.3. The summed E-state index contributed by atoms with van der Waals surface area (Å²) in [6, 6.07) is 4.73. The normalized spacial score (nSPS) is 14.9. The van der Waals surface area contributed by atoms with Crippen LogP contribution in [-0.4, -0.2) is 29.4 Å². The highest BCUT2D eigenvalue weighted by atomic mass is 35.5.